The van der Waals surface area contributed by atoms with Gasteiger partial charge in [-0.05, 0) is 66.9 Å². The van der Waals surface area contributed by atoms with E-state index in [2.05, 4.69) is 74.4 Å². The van der Waals surface area contributed by atoms with Crippen LogP contribution in [0.25, 0.3) is 11.1 Å². The van der Waals surface area contributed by atoms with Crippen LogP contribution in [0.1, 0.15) is 81.7 Å². The zero-order valence-corrected chi connectivity index (χ0v) is 33.7. The van der Waals surface area contributed by atoms with Crippen molar-refractivity contribution >= 4 is 17.6 Å². The lowest BCUT2D eigenvalue weighted by molar-refractivity contribution is 0.0605. The molecule has 49 heavy (non-hydrogen) atoms. The van der Waals surface area contributed by atoms with E-state index in [9.17, 15) is 5.11 Å². The Balaban J connectivity index is 0.000000464. The minimum absolute atomic E-state index is 0.0569. The summed E-state index contributed by atoms with van der Waals surface area (Å²) in [7, 11) is 3.76. The van der Waals surface area contributed by atoms with Crippen molar-refractivity contribution < 1.29 is 28.4 Å². The Bertz CT molecular complexity index is 1560. The fourth-order valence-electron chi connectivity index (χ4n) is 4.34. The molecule has 1 N–H and O–H groups in total. The number of hydrogen-bond acceptors (Lipinski definition) is 6. The van der Waals surface area contributed by atoms with Crippen molar-refractivity contribution in [2.24, 2.45) is 5.41 Å². The number of hydrogen-bond donors (Lipinski definition) is 1. The maximum atomic E-state index is 9.61. The first kappa shape index (κ1) is 41.7. The molecule has 3 atom stereocenters. The lowest BCUT2D eigenvalue weighted by atomic mass is 9.86. The van der Waals surface area contributed by atoms with Crippen LogP contribution < -0.4 is 23.3 Å². The molecule has 0 aliphatic carbocycles. The Labute approximate surface area is 299 Å². The molecule has 6 nitrogen and oxygen atoms in total. The van der Waals surface area contributed by atoms with E-state index in [1.165, 1.54) is 0 Å². The molecule has 0 spiro atoms. The third kappa shape index (κ3) is 12.4. The summed E-state index contributed by atoms with van der Waals surface area (Å²) in [5.41, 5.74) is 3.21. The maximum absolute atomic E-state index is 9.61. The molecule has 268 valence electrons. The highest BCUT2D eigenvalue weighted by Crippen LogP contribution is 2.50. The summed E-state index contributed by atoms with van der Waals surface area (Å²) in [5.74, 6) is 4.39. The summed E-state index contributed by atoms with van der Waals surface area (Å²) in [6, 6.07) is 29.3. The van der Waals surface area contributed by atoms with Gasteiger partial charge in [-0.2, -0.15) is 0 Å². The molecule has 0 heterocycles. The van der Waals surface area contributed by atoms with Gasteiger partial charge in [0.15, 0.2) is 5.34 Å². The van der Waals surface area contributed by atoms with Crippen LogP contribution in [0.3, 0.4) is 0 Å². The van der Waals surface area contributed by atoms with Gasteiger partial charge in [0.1, 0.15) is 43.3 Å². The van der Waals surface area contributed by atoms with Crippen molar-refractivity contribution in [3.8, 4) is 45.6 Å². The van der Waals surface area contributed by atoms with Gasteiger partial charge in [0, 0.05) is 27.8 Å². The zero-order chi connectivity index (χ0) is 36.8. The normalized spacial score (nSPS) is 12.9. The van der Waals surface area contributed by atoms with E-state index in [-0.39, 0.29) is 19.6 Å². The molecule has 4 aromatic carbocycles. The molecule has 0 amide bonds. The maximum Gasteiger partial charge on any atom is 0.162 e. The summed E-state index contributed by atoms with van der Waals surface area (Å²) < 4.78 is 29.6. The summed E-state index contributed by atoms with van der Waals surface area (Å²) in [4.78, 5) is 0. The van der Waals surface area contributed by atoms with Crippen LogP contribution in [0.5, 0.6) is 34.5 Å². The Morgan fingerprint density at radius 2 is 1.08 bits per heavy atom. The molecule has 8 heteroatoms. The molecule has 0 saturated carbocycles. The van der Waals surface area contributed by atoms with Gasteiger partial charge in [-0.1, -0.05) is 106 Å². The molecule has 4 rings (SSSR count). The summed E-state index contributed by atoms with van der Waals surface area (Å²) in [6.45, 7) is 23.1. The van der Waals surface area contributed by atoms with Crippen LogP contribution in [0, 0.1) is 5.41 Å². The van der Waals surface area contributed by atoms with Crippen molar-refractivity contribution in [3.63, 3.8) is 0 Å². The Kier molecular flexibility index (Phi) is 16.2. The first-order valence-corrected chi connectivity index (χ1v) is 18.7. The second-order valence-electron chi connectivity index (χ2n) is 13.8. The average molecular weight is 709 g/mol. The van der Waals surface area contributed by atoms with E-state index in [4.69, 9.17) is 23.3 Å². The van der Waals surface area contributed by atoms with Crippen LogP contribution in [0.4, 0.5) is 0 Å². The minimum Gasteiger partial charge on any atom is -0.508 e. The van der Waals surface area contributed by atoms with E-state index < -0.39 is 5.34 Å². The Morgan fingerprint density at radius 3 is 1.55 bits per heavy atom. The largest absolute Gasteiger partial charge is 0.508 e. The van der Waals surface area contributed by atoms with Gasteiger partial charge in [-0.3, -0.25) is 0 Å². The highest BCUT2D eigenvalue weighted by Gasteiger charge is 2.42. The highest BCUT2D eigenvalue weighted by atomic mass is 31.1. The molecule has 0 radical (unpaired) electrons. The predicted molar refractivity (Wildman–Crippen MR) is 211 cm³/mol. The minimum atomic E-state index is -0.552. The molecule has 4 aromatic rings. The zero-order valence-electron chi connectivity index (χ0n) is 31.7. The van der Waals surface area contributed by atoms with E-state index >= 15 is 0 Å². The van der Waals surface area contributed by atoms with E-state index in [0.29, 0.717) is 20.2 Å². The Morgan fingerprint density at radius 1 is 0.612 bits per heavy atom. The van der Waals surface area contributed by atoms with Gasteiger partial charge < -0.3 is 28.4 Å². The topological polar surface area (TPSA) is 66.4 Å². The number of rotatable bonds is 11. The monoisotopic (exact) mass is 708 g/mol. The van der Waals surface area contributed by atoms with Crippen LogP contribution in [-0.2, 0) is 5.41 Å². The SMILES string of the molecule is CC.COc1ccc(O)c(C(C)(C)C)c1.COc1ccc(OC(C)(POc2ccccc2-c2ccccc2OPC(C)C)C(C)(C)C)cc1. The number of ether oxygens (including phenoxy) is 3. The molecule has 0 fully saturated rings. The third-order valence-corrected chi connectivity index (χ3v) is 10.0. The molecular formula is C41H58O6P2. The number of methoxy groups -OCH3 is 2. The number of aromatic hydroxyl groups is 1. The lowest BCUT2D eigenvalue weighted by Crippen LogP contribution is -2.41. The van der Waals surface area contributed by atoms with Crippen molar-refractivity contribution in [3.05, 3.63) is 96.6 Å². The van der Waals surface area contributed by atoms with Gasteiger partial charge in [0.05, 0.1) is 23.0 Å². The summed E-state index contributed by atoms with van der Waals surface area (Å²) in [6.07, 6.45) is 0. The van der Waals surface area contributed by atoms with E-state index in [1.807, 2.05) is 80.6 Å². The lowest BCUT2D eigenvalue weighted by Gasteiger charge is -2.41. The van der Waals surface area contributed by atoms with Crippen molar-refractivity contribution in [2.75, 3.05) is 14.2 Å². The molecule has 0 aliphatic heterocycles. The Hall–Kier alpha value is -3.46. The van der Waals surface area contributed by atoms with E-state index in [1.54, 1.807) is 26.4 Å². The van der Waals surface area contributed by atoms with Crippen LogP contribution in [0.15, 0.2) is 91.0 Å². The van der Waals surface area contributed by atoms with Gasteiger partial charge >= 0.3 is 0 Å². The first-order valence-electron chi connectivity index (χ1n) is 16.8. The molecule has 0 bridgehead atoms. The number of benzene rings is 4. The smallest absolute Gasteiger partial charge is 0.162 e. The highest BCUT2D eigenvalue weighted by molar-refractivity contribution is 7.34. The fourth-order valence-corrected chi connectivity index (χ4v) is 5.83. The molecule has 3 unspecified atom stereocenters. The van der Waals surface area contributed by atoms with Gasteiger partial charge in [0.2, 0.25) is 0 Å². The predicted octanol–water partition coefficient (Wildman–Crippen LogP) is 12.3. The second kappa shape index (κ2) is 19.1. The van der Waals surface area contributed by atoms with Gasteiger partial charge in [-0.25, -0.2) is 0 Å². The number of para-hydroxylation sites is 2. The number of phenols is 1. The van der Waals surface area contributed by atoms with Crippen LogP contribution in [0.2, 0.25) is 0 Å². The van der Waals surface area contributed by atoms with Crippen LogP contribution >= 0.6 is 17.6 Å². The quantitative estimate of drug-likeness (QED) is 0.156. The van der Waals surface area contributed by atoms with Crippen molar-refractivity contribution in [2.45, 2.75) is 92.6 Å². The molecular weight excluding hydrogens is 650 g/mol. The standard InChI is InChI=1S/C28H36O4P2.C11H16O2.C2H6/c1-20(2)33-31-25-14-10-8-12-23(25)24-13-9-11-15-26(24)32-34-28(6,27(3,4)5)30-22-18-16-21(29-7)17-19-22;1-11(2,3)9-7-8(13-4)5-6-10(9)12;1-2/h8-20,33-34H,1-7H3;5-7,12H,1-4H3;1-2H3. The molecule has 0 saturated heterocycles. The van der Waals surface area contributed by atoms with E-state index in [0.717, 1.165) is 45.4 Å². The third-order valence-electron chi connectivity index (χ3n) is 7.65. The first-order chi connectivity index (χ1) is 23.1. The second-order valence-corrected chi connectivity index (χ2v) is 16.7. The number of phenolic OH excluding ortho intramolecular Hbond substituents is 1. The van der Waals surface area contributed by atoms with Crippen molar-refractivity contribution in [1.29, 1.82) is 0 Å². The molecule has 0 aliphatic rings. The summed E-state index contributed by atoms with van der Waals surface area (Å²) >= 11 is 0. The van der Waals surface area contributed by atoms with Gasteiger partial charge in [0.25, 0.3) is 0 Å². The van der Waals surface area contributed by atoms with Crippen LogP contribution in [-0.4, -0.2) is 30.3 Å². The average Bonchev–Trinajstić information content (AvgIpc) is 3.07. The van der Waals surface area contributed by atoms with Crippen molar-refractivity contribution in [1.82, 2.24) is 0 Å². The molecule has 0 aromatic heterocycles. The van der Waals surface area contributed by atoms with Gasteiger partial charge in [-0.15, -0.1) is 0 Å². The fraction of sp³-hybridized carbons (Fsp3) is 0.415. The summed E-state index contributed by atoms with van der Waals surface area (Å²) in [5, 5.41) is 9.06.